The number of hydrogen-bond donors (Lipinski definition) is 2. The Morgan fingerprint density at radius 1 is 1.38 bits per heavy atom. The van der Waals surface area contributed by atoms with Gasteiger partial charge in [0.25, 0.3) is 5.91 Å². The molecule has 0 bridgehead atoms. The van der Waals surface area contributed by atoms with Crippen molar-refractivity contribution >= 4 is 28.6 Å². The van der Waals surface area contributed by atoms with Crippen LogP contribution in [0.25, 0.3) is 0 Å². The van der Waals surface area contributed by atoms with E-state index in [0.29, 0.717) is 15.7 Å². The van der Waals surface area contributed by atoms with Crippen molar-refractivity contribution < 1.29 is 9.53 Å². The SMILES string of the molecule is CCCCCOc1ccc(/C=N\NC(=O)c2sc(N)nc2C)cc1. The number of amides is 1. The van der Waals surface area contributed by atoms with Crippen LogP contribution in [0.3, 0.4) is 0 Å². The van der Waals surface area contributed by atoms with Gasteiger partial charge in [-0.3, -0.25) is 4.79 Å². The largest absolute Gasteiger partial charge is 0.494 e. The van der Waals surface area contributed by atoms with Crippen molar-refractivity contribution in [1.29, 1.82) is 0 Å². The number of anilines is 1. The number of carbonyl (C=O) groups excluding carboxylic acids is 1. The number of rotatable bonds is 8. The van der Waals surface area contributed by atoms with E-state index in [9.17, 15) is 4.79 Å². The molecular formula is C17H22N4O2S. The van der Waals surface area contributed by atoms with Gasteiger partial charge in [-0.1, -0.05) is 31.1 Å². The van der Waals surface area contributed by atoms with Crippen molar-refractivity contribution in [2.24, 2.45) is 5.10 Å². The second kappa shape index (κ2) is 9.02. The highest BCUT2D eigenvalue weighted by atomic mass is 32.1. The lowest BCUT2D eigenvalue weighted by Crippen LogP contribution is -2.17. The molecule has 128 valence electrons. The average Bonchev–Trinajstić information content (AvgIpc) is 2.91. The van der Waals surface area contributed by atoms with Gasteiger partial charge in [0.2, 0.25) is 0 Å². The first-order valence-electron chi connectivity index (χ1n) is 7.89. The Kier molecular flexibility index (Phi) is 6.74. The molecule has 0 aliphatic carbocycles. The first-order chi connectivity index (χ1) is 11.6. The van der Waals surface area contributed by atoms with E-state index < -0.39 is 0 Å². The Labute approximate surface area is 145 Å². The Morgan fingerprint density at radius 3 is 2.75 bits per heavy atom. The summed E-state index contributed by atoms with van der Waals surface area (Å²) in [6, 6.07) is 7.56. The molecule has 1 aromatic carbocycles. The van der Waals surface area contributed by atoms with E-state index in [-0.39, 0.29) is 5.91 Å². The lowest BCUT2D eigenvalue weighted by molar-refractivity contribution is 0.0958. The first-order valence-corrected chi connectivity index (χ1v) is 8.71. The standard InChI is InChI=1S/C17H22N4O2S/c1-3-4-5-10-23-14-8-6-13(7-9-14)11-19-21-16(22)15-12(2)20-17(18)24-15/h6-9,11H,3-5,10H2,1-2H3,(H2,18,20)(H,21,22)/b19-11-. The van der Waals surface area contributed by atoms with Crippen molar-refractivity contribution in [3.05, 3.63) is 40.4 Å². The Bertz CT molecular complexity index is 695. The Hall–Kier alpha value is -2.41. The molecule has 3 N–H and O–H groups in total. The molecule has 24 heavy (non-hydrogen) atoms. The van der Waals surface area contributed by atoms with Crippen molar-refractivity contribution in [2.45, 2.75) is 33.1 Å². The molecule has 1 heterocycles. The zero-order valence-corrected chi connectivity index (χ0v) is 14.7. The molecule has 0 atom stereocenters. The normalized spacial score (nSPS) is 10.9. The van der Waals surface area contributed by atoms with Crippen LogP contribution in [0.4, 0.5) is 5.13 Å². The van der Waals surface area contributed by atoms with Gasteiger partial charge in [0.15, 0.2) is 5.13 Å². The number of carbonyl (C=O) groups is 1. The number of unbranched alkanes of at least 4 members (excludes halogenated alkanes) is 2. The summed E-state index contributed by atoms with van der Waals surface area (Å²) in [5.41, 5.74) is 9.54. The minimum absolute atomic E-state index is 0.311. The molecule has 0 saturated heterocycles. The zero-order valence-electron chi connectivity index (χ0n) is 13.9. The van der Waals surface area contributed by atoms with Crippen molar-refractivity contribution in [3.63, 3.8) is 0 Å². The molecule has 2 rings (SSSR count). The molecule has 0 aliphatic heterocycles. The summed E-state index contributed by atoms with van der Waals surface area (Å²) in [6.45, 7) is 4.64. The van der Waals surface area contributed by atoms with Crippen molar-refractivity contribution in [2.75, 3.05) is 12.3 Å². The predicted octanol–water partition coefficient (Wildman–Crippen LogP) is 3.37. The van der Waals surface area contributed by atoms with Crippen LogP contribution >= 0.6 is 11.3 Å². The predicted molar refractivity (Wildman–Crippen MR) is 97.8 cm³/mol. The van der Waals surface area contributed by atoms with Crippen LogP contribution in [0.5, 0.6) is 5.75 Å². The number of nitrogens with one attached hydrogen (secondary N) is 1. The third kappa shape index (κ3) is 5.34. The third-order valence-corrected chi connectivity index (χ3v) is 4.28. The molecule has 1 amide bonds. The molecule has 1 aromatic heterocycles. The molecule has 0 aliphatic rings. The summed E-state index contributed by atoms with van der Waals surface area (Å²) in [5, 5.41) is 4.33. The fraction of sp³-hybridized carbons (Fsp3) is 0.353. The maximum absolute atomic E-state index is 12.0. The average molecular weight is 346 g/mol. The second-order valence-electron chi connectivity index (χ2n) is 5.29. The Balaban J connectivity index is 1.83. The maximum Gasteiger partial charge on any atom is 0.283 e. The molecule has 0 unspecified atom stereocenters. The van der Waals surface area contributed by atoms with E-state index >= 15 is 0 Å². The van der Waals surface area contributed by atoms with Crippen LogP contribution in [0.1, 0.15) is 47.1 Å². The fourth-order valence-corrected chi connectivity index (χ4v) is 2.76. The van der Waals surface area contributed by atoms with Crippen LogP contribution in [0.15, 0.2) is 29.4 Å². The topological polar surface area (TPSA) is 89.6 Å². The number of hydrazone groups is 1. The molecule has 0 saturated carbocycles. The second-order valence-corrected chi connectivity index (χ2v) is 6.32. The Morgan fingerprint density at radius 2 is 2.12 bits per heavy atom. The molecule has 0 radical (unpaired) electrons. The van der Waals surface area contributed by atoms with E-state index in [2.05, 4.69) is 22.4 Å². The first kappa shape index (κ1) is 17.9. The molecule has 0 spiro atoms. The fourth-order valence-electron chi connectivity index (χ4n) is 2.04. The van der Waals surface area contributed by atoms with Crippen LogP contribution in [0, 0.1) is 6.92 Å². The number of nitrogens with two attached hydrogens (primary N) is 1. The maximum atomic E-state index is 12.0. The van der Waals surface area contributed by atoms with E-state index in [1.54, 1.807) is 13.1 Å². The third-order valence-electron chi connectivity index (χ3n) is 3.30. The van der Waals surface area contributed by atoms with Crippen molar-refractivity contribution in [3.8, 4) is 5.75 Å². The summed E-state index contributed by atoms with van der Waals surface area (Å²) in [5.74, 6) is 0.525. The number of ether oxygens (including phenoxy) is 1. The van der Waals surface area contributed by atoms with Crippen LogP contribution in [-0.2, 0) is 0 Å². The van der Waals surface area contributed by atoms with Gasteiger partial charge in [-0.15, -0.1) is 0 Å². The quantitative estimate of drug-likeness (QED) is 0.436. The highest BCUT2D eigenvalue weighted by Crippen LogP contribution is 2.19. The summed E-state index contributed by atoms with van der Waals surface area (Å²) in [4.78, 5) is 16.5. The van der Waals surface area contributed by atoms with E-state index in [4.69, 9.17) is 10.5 Å². The highest BCUT2D eigenvalue weighted by molar-refractivity contribution is 7.17. The van der Waals surface area contributed by atoms with Gasteiger partial charge in [-0.25, -0.2) is 10.4 Å². The number of thiazole rings is 1. The van der Waals surface area contributed by atoms with Gasteiger partial charge >= 0.3 is 0 Å². The smallest absolute Gasteiger partial charge is 0.283 e. The van der Waals surface area contributed by atoms with E-state index in [1.807, 2.05) is 24.3 Å². The number of nitrogens with zero attached hydrogens (tertiary/aromatic N) is 2. The van der Waals surface area contributed by atoms with Gasteiger partial charge in [-0.2, -0.15) is 5.10 Å². The minimum atomic E-state index is -0.311. The van der Waals surface area contributed by atoms with Crippen LogP contribution in [-0.4, -0.2) is 23.7 Å². The van der Waals surface area contributed by atoms with E-state index in [1.165, 1.54) is 12.8 Å². The van der Waals surface area contributed by atoms with Gasteiger partial charge in [0, 0.05) is 0 Å². The number of aryl methyl sites for hydroxylation is 1. The zero-order chi connectivity index (χ0) is 17.4. The summed E-state index contributed by atoms with van der Waals surface area (Å²) < 4.78 is 5.65. The van der Waals surface area contributed by atoms with Gasteiger partial charge in [0.05, 0.1) is 18.5 Å². The molecule has 0 fully saturated rings. The monoisotopic (exact) mass is 346 g/mol. The molecular weight excluding hydrogens is 324 g/mol. The number of aromatic nitrogens is 1. The van der Waals surface area contributed by atoms with E-state index in [0.717, 1.165) is 35.7 Å². The number of nitrogen functional groups attached to an aromatic ring is 1. The van der Waals surface area contributed by atoms with Gasteiger partial charge in [0.1, 0.15) is 10.6 Å². The summed E-state index contributed by atoms with van der Waals surface area (Å²) in [6.07, 6.45) is 5.00. The highest BCUT2D eigenvalue weighted by Gasteiger charge is 2.13. The van der Waals surface area contributed by atoms with Gasteiger partial charge in [-0.05, 0) is 43.2 Å². The number of benzene rings is 1. The molecule has 6 nitrogen and oxygen atoms in total. The lowest BCUT2D eigenvalue weighted by Gasteiger charge is -2.05. The summed E-state index contributed by atoms with van der Waals surface area (Å²) in [7, 11) is 0. The lowest BCUT2D eigenvalue weighted by atomic mass is 10.2. The van der Waals surface area contributed by atoms with Crippen LogP contribution < -0.4 is 15.9 Å². The molecule has 7 heteroatoms. The van der Waals surface area contributed by atoms with Crippen molar-refractivity contribution in [1.82, 2.24) is 10.4 Å². The molecule has 2 aromatic rings. The minimum Gasteiger partial charge on any atom is -0.494 e. The number of hydrogen-bond acceptors (Lipinski definition) is 6. The summed E-state index contributed by atoms with van der Waals surface area (Å²) >= 11 is 1.15. The van der Waals surface area contributed by atoms with Gasteiger partial charge < -0.3 is 10.5 Å². The van der Waals surface area contributed by atoms with Crippen LogP contribution in [0.2, 0.25) is 0 Å².